The van der Waals surface area contributed by atoms with E-state index in [1.807, 2.05) is 17.6 Å². The largest absolute Gasteiger partial charge is 0.375 e. The Hall–Kier alpha value is -0.980. The molecule has 0 unspecified atom stereocenters. The van der Waals surface area contributed by atoms with Crippen LogP contribution in [0.5, 0.6) is 0 Å². The smallest absolute Gasteiger partial charge is 0.177 e. The molecule has 0 fully saturated rings. The van der Waals surface area contributed by atoms with Gasteiger partial charge in [-0.3, -0.25) is 4.79 Å². The van der Waals surface area contributed by atoms with E-state index in [4.69, 9.17) is 5.73 Å². The van der Waals surface area contributed by atoms with Crippen molar-refractivity contribution in [1.29, 1.82) is 0 Å². The van der Waals surface area contributed by atoms with Crippen molar-refractivity contribution in [3.8, 4) is 0 Å². The lowest BCUT2D eigenvalue weighted by Crippen LogP contribution is -2.34. The first kappa shape index (κ1) is 14.0. The second-order valence-corrected chi connectivity index (χ2v) is 3.93. The molecular formula is C9H12BrN3OS. The molecule has 15 heavy (non-hydrogen) atoms. The summed E-state index contributed by atoms with van der Waals surface area (Å²) in [6.07, 6.45) is 0. The van der Waals surface area contributed by atoms with Crippen LogP contribution in [0.25, 0.3) is 0 Å². The van der Waals surface area contributed by atoms with Gasteiger partial charge in [0.2, 0.25) is 0 Å². The number of ketones is 1. The molecule has 0 spiro atoms. The van der Waals surface area contributed by atoms with Crippen molar-refractivity contribution in [1.82, 2.24) is 5.43 Å². The van der Waals surface area contributed by atoms with Crippen LogP contribution in [0, 0.1) is 0 Å². The number of rotatable bonds is 1. The van der Waals surface area contributed by atoms with Crippen molar-refractivity contribution < 1.29 is 4.79 Å². The third-order valence-electron chi connectivity index (χ3n) is 1.39. The summed E-state index contributed by atoms with van der Waals surface area (Å²) in [4.78, 5) is 10.7. The van der Waals surface area contributed by atoms with Gasteiger partial charge in [-0.05, 0) is 31.3 Å². The van der Waals surface area contributed by atoms with E-state index in [9.17, 15) is 4.79 Å². The molecule has 0 saturated heterocycles. The van der Waals surface area contributed by atoms with E-state index in [0.717, 1.165) is 10.0 Å². The van der Waals surface area contributed by atoms with Crippen LogP contribution in [-0.4, -0.2) is 10.9 Å². The lowest BCUT2D eigenvalue weighted by atomic mass is 10.2. The average Bonchev–Trinajstić information content (AvgIpc) is 2.19. The van der Waals surface area contributed by atoms with Gasteiger partial charge in [0.05, 0.1) is 0 Å². The predicted molar refractivity (Wildman–Crippen MR) is 68.3 cm³/mol. The number of Topliss-reactive ketones (excluding diaryl/α,β-unsaturated/α-hetero) is 1. The van der Waals surface area contributed by atoms with Crippen molar-refractivity contribution in [3.05, 3.63) is 34.3 Å². The Morgan fingerprint density at radius 2 is 1.80 bits per heavy atom. The Labute approximate surface area is 102 Å². The lowest BCUT2D eigenvalue weighted by Gasteiger charge is -1.92. The molecule has 0 bridgehead atoms. The first-order valence-corrected chi connectivity index (χ1v) is 5.20. The van der Waals surface area contributed by atoms with E-state index in [1.165, 1.54) is 0 Å². The number of hydrazine groups is 1. The quantitative estimate of drug-likeness (QED) is 0.315. The summed E-state index contributed by atoms with van der Waals surface area (Å²) in [5, 5.41) is 0.116. The molecule has 82 valence electrons. The number of hydrogen-bond donors (Lipinski definition) is 3. The van der Waals surface area contributed by atoms with Gasteiger partial charge in [-0.25, -0.2) is 5.84 Å². The van der Waals surface area contributed by atoms with Gasteiger partial charge in [0, 0.05) is 10.0 Å². The number of nitrogens with two attached hydrogens (primary N) is 2. The molecule has 0 aliphatic carbocycles. The molecule has 1 aromatic rings. The van der Waals surface area contributed by atoms with Crippen molar-refractivity contribution in [2.24, 2.45) is 11.6 Å². The molecule has 0 aliphatic heterocycles. The van der Waals surface area contributed by atoms with E-state index >= 15 is 0 Å². The highest BCUT2D eigenvalue weighted by atomic mass is 79.9. The van der Waals surface area contributed by atoms with Gasteiger partial charge >= 0.3 is 0 Å². The van der Waals surface area contributed by atoms with E-state index in [0.29, 0.717) is 0 Å². The first-order valence-electron chi connectivity index (χ1n) is 4.00. The number of carbonyl (C=O) groups excluding carboxylic acids is 1. The van der Waals surface area contributed by atoms with Crippen LogP contribution >= 0.6 is 28.1 Å². The standard InChI is InChI=1S/C8H7BrO.CH5N3S/c1-6(10)7-2-4-8(9)5-3-7;2-1(5)4-3/h2-5H,1H3;3H2,(H3,2,4,5). The SMILES string of the molecule is CC(=O)c1ccc(Br)cc1.NNC(N)=S. The number of halogens is 1. The van der Waals surface area contributed by atoms with Crippen LogP contribution in [0.3, 0.4) is 0 Å². The van der Waals surface area contributed by atoms with Crippen LogP contribution in [0.15, 0.2) is 28.7 Å². The van der Waals surface area contributed by atoms with Crippen molar-refractivity contribution in [2.45, 2.75) is 6.92 Å². The molecule has 4 nitrogen and oxygen atoms in total. The number of benzene rings is 1. The average molecular weight is 290 g/mol. The highest BCUT2D eigenvalue weighted by Crippen LogP contribution is 2.10. The fourth-order valence-corrected chi connectivity index (χ4v) is 0.949. The zero-order valence-corrected chi connectivity index (χ0v) is 10.6. The highest BCUT2D eigenvalue weighted by molar-refractivity contribution is 9.10. The Kier molecular flexibility index (Phi) is 6.85. The van der Waals surface area contributed by atoms with E-state index < -0.39 is 0 Å². The molecule has 0 radical (unpaired) electrons. The van der Waals surface area contributed by atoms with Gasteiger partial charge < -0.3 is 11.2 Å². The maximum Gasteiger partial charge on any atom is 0.177 e. The summed E-state index contributed by atoms with van der Waals surface area (Å²) in [6, 6.07) is 7.31. The minimum Gasteiger partial charge on any atom is -0.375 e. The van der Waals surface area contributed by atoms with Crippen molar-refractivity contribution >= 4 is 39.0 Å². The molecule has 0 atom stereocenters. The Morgan fingerprint density at radius 3 is 2.07 bits per heavy atom. The zero-order chi connectivity index (χ0) is 11.8. The van der Waals surface area contributed by atoms with Gasteiger partial charge in [-0.1, -0.05) is 28.1 Å². The van der Waals surface area contributed by atoms with Gasteiger partial charge in [0.25, 0.3) is 0 Å². The molecule has 5 N–H and O–H groups in total. The third-order valence-corrected chi connectivity index (χ3v) is 2.04. The second kappa shape index (κ2) is 7.33. The molecule has 0 saturated carbocycles. The molecule has 6 heteroatoms. The summed E-state index contributed by atoms with van der Waals surface area (Å²) < 4.78 is 0.998. The summed E-state index contributed by atoms with van der Waals surface area (Å²) in [5.41, 5.74) is 7.58. The topological polar surface area (TPSA) is 81.1 Å². The summed E-state index contributed by atoms with van der Waals surface area (Å²) >= 11 is 7.52. The van der Waals surface area contributed by atoms with Crippen LogP contribution in [-0.2, 0) is 0 Å². The maximum atomic E-state index is 10.7. The van der Waals surface area contributed by atoms with Crippen molar-refractivity contribution in [3.63, 3.8) is 0 Å². The van der Waals surface area contributed by atoms with Crippen LogP contribution in [0.2, 0.25) is 0 Å². The summed E-state index contributed by atoms with van der Waals surface area (Å²) in [6.45, 7) is 1.56. The van der Waals surface area contributed by atoms with Gasteiger partial charge in [0.1, 0.15) is 0 Å². The van der Waals surface area contributed by atoms with Gasteiger partial charge in [0.15, 0.2) is 10.9 Å². The zero-order valence-electron chi connectivity index (χ0n) is 8.16. The minimum absolute atomic E-state index is 0.104. The molecule has 1 rings (SSSR count). The number of carbonyl (C=O) groups is 1. The Morgan fingerprint density at radius 1 is 1.40 bits per heavy atom. The molecule has 0 amide bonds. The normalized spacial score (nSPS) is 8.47. The van der Waals surface area contributed by atoms with E-state index in [2.05, 4.69) is 34.0 Å². The fraction of sp³-hybridized carbons (Fsp3) is 0.111. The molecule has 0 aliphatic rings. The monoisotopic (exact) mass is 289 g/mol. The van der Waals surface area contributed by atoms with Crippen LogP contribution < -0.4 is 17.0 Å². The first-order chi connectivity index (χ1) is 6.97. The van der Waals surface area contributed by atoms with Gasteiger partial charge in [-0.15, -0.1) is 0 Å². The Bertz CT molecular complexity index is 340. The molecule has 0 heterocycles. The summed E-state index contributed by atoms with van der Waals surface area (Å²) in [5.74, 6) is 4.76. The second-order valence-electron chi connectivity index (χ2n) is 2.57. The summed E-state index contributed by atoms with van der Waals surface area (Å²) in [7, 11) is 0. The van der Waals surface area contributed by atoms with Gasteiger partial charge in [-0.2, -0.15) is 0 Å². The lowest BCUT2D eigenvalue weighted by molar-refractivity contribution is 0.101. The third kappa shape index (κ3) is 7.01. The maximum absolute atomic E-state index is 10.7. The van der Waals surface area contributed by atoms with E-state index in [-0.39, 0.29) is 10.9 Å². The highest BCUT2D eigenvalue weighted by Gasteiger charge is 1.95. The van der Waals surface area contributed by atoms with Crippen LogP contribution in [0.1, 0.15) is 17.3 Å². The molecule has 0 aromatic heterocycles. The fourth-order valence-electron chi connectivity index (χ4n) is 0.685. The molecule has 1 aromatic carbocycles. The minimum atomic E-state index is 0.104. The molecular weight excluding hydrogens is 278 g/mol. The van der Waals surface area contributed by atoms with Crippen LogP contribution in [0.4, 0.5) is 0 Å². The Balaban J connectivity index is 0.000000336. The van der Waals surface area contributed by atoms with Crippen molar-refractivity contribution in [2.75, 3.05) is 0 Å². The number of thiocarbonyl (C=S) groups is 1. The van der Waals surface area contributed by atoms with E-state index in [1.54, 1.807) is 19.1 Å². The number of nitrogens with one attached hydrogen (secondary N) is 1. The number of hydrogen-bond acceptors (Lipinski definition) is 3. The predicted octanol–water partition coefficient (Wildman–Crippen LogP) is 1.34.